The van der Waals surface area contributed by atoms with Gasteiger partial charge in [0.15, 0.2) is 0 Å². The number of phenolic OH excluding ortho intramolecular Hbond substituents is 1. The topological polar surface area (TPSA) is 78.4 Å². The molecule has 0 aromatic heterocycles. The van der Waals surface area contributed by atoms with E-state index in [1.165, 1.54) is 12.1 Å². The lowest BCUT2D eigenvalue weighted by Crippen LogP contribution is -2.29. The first-order chi connectivity index (χ1) is 9.97. The molecule has 5 nitrogen and oxygen atoms in total. The van der Waals surface area contributed by atoms with Gasteiger partial charge in [0.25, 0.3) is 0 Å². The molecule has 0 heterocycles. The van der Waals surface area contributed by atoms with Gasteiger partial charge < -0.3 is 15.7 Å². The van der Waals surface area contributed by atoms with E-state index in [2.05, 4.69) is 10.6 Å². The average Bonchev–Trinajstić information content (AvgIpc) is 2.44. The number of aromatic hydroxyl groups is 1. The first-order valence-corrected chi connectivity index (χ1v) is 6.51. The fourth-order valence-corrected chi connectivity index (χ4v) is 1.93. The highest BCUT2D eigenvalue weighted by molar-refractivity contribution is 6.43. The standard InChI is InChI=1S/C15H13ClN2O3/c1-9-8-10(16)6-7-11(9)17-14(20)15(21)18-12-4-2-3-5-13(12)19/h2-8,19H,1H3,(H,17,20)(H,18,21). The Morgan fingerprint density at radius 1 is 1.00 bits per heavy atom. The molecule has 21 heavy (non-hydrogen) atoms. The molecule has 2 aromatic carbocycles. The molecule has 0 aliphatic heterocycles. The van der Waals surface area contributed by atoms with E-state index < -0.39 is 11.8 Å². The Hall–Kier alpha value is -2.53. The van der Waals surface area contributed by atoms with Crippen molar-refractivity contribution >= 4 is 34.8 Å². The minimum absolute atomic E-state index is 0.110. The Morgan fingerprint density at radius 3 is 2.24 bits per heavy atom. The van der Waals surface area contributed by atoms with Crippen LogP contribution in [0.25, 0.3) is 0 Å². The van der Waals surface area contributed by atoms with Crippen LogP contribution >= 0.6 is 11.6 Å². The summed E-state index contributed by atoms with van der Waals surface area (Å²) in [7, 11) is 0. The molecule has 0 unspecified atom stereocenters. The van der Waals surface area contributed by atoms with Crippen LogP contribution in [0, 0.1) is 6.92 Å². The predicted molar refractivity (Wildman–Crippen MR) is 81.6 cm³/mol. The van der Waals surface area contributed by atoms with Crippen molar-refractivity contribution in [1.82, 2.24) is 0 Å². The molecule has 6 heteroatoms. The molecular formula is C15H13ClN2O3. The van der Waals surface area contributed by atoms with E-state index in [-0.39, 0.29) is 11.4 Å². The second-order valence-electron chi connectivity index (χ2n) is 4.38. The molecule has 0 spiro atoms. The third-order valence-electron chi connectivity index (χ3n) is 2.80. The van der Waals surface area contributed by atoms with Crippen molar-refractivity contribution < 1.29 is 14.7 Å². The Kier molecular flexibility index (Phi) is 4.45. The molecule has 0 radical (unpaired) electrons. The number of anilines is 2. The molecule has 2 amide bonds. The summed E-state index contributed by atoms with van der Waals surface area (Å²) in [5.74, 6) is -1.81. The summed E-state index contributed by atoms with van der Waals surface area (Å²) in [6.45, 7) is 1.77. The molecule has 3 N–H and O–H groups in total. The number of phenols is 1. The van der Waals surface area contributed by atoms with Crippen molar-refractivity contribution in [3.63, 3.8) is 0 Å². The van der Waals surface area contributed by atoms with Gasteiger partial charge in [0.2, 0.25) is 0 Å². The van der Waals surface area contributed by atoms with Gasteiger partial charge in [0.05, 0.1) is 5.69 Å². The van der Waals surface area contributed by atoms with Crippen LogP contribution in [0.2, 0.25) is 5.02 Å². The fraction of sp³-hybridized carbons (Fsp3) is 0.0667. The molecule has 0 atom stereocenters. The summed E-state index contributed by atoms with van der Waals surface area (Å²) < 4.78 is 0. The van der Waals surface area contributed by atoms with E-state index in [1.54, 1.807) is 37.3 Å². The van der Waals surface area contributed by atoms with Crippen LogP contribution in [-0.2, 0) is 9.59 Å². The van der Waals surface area contributed by atoms with Crippen molar-refractivity contribution in [2.24, 2.45) is 0 Å². The maximum atomic E-state index is 11.8. The van der Waals surface area contributed by atoms with Crippen molar-refractivity contribution in [2.75, 3.05) is 10.6 Å². The minimum atomic E-state index is -0.870. The Bertz CT molecular complexity index is 701. The highest BCUT2D eigenvalue weighted by Crippen LogP contribution is 2.22. The van der Waals surface area contributed by atoms with Gasteiger partial charge in [-0.15, -0.1) is 0 Å². The third-order valence-corrected chi connectivity index (χ3v) is 3.03. The largest absolute Gasteiger partial charge is 0.506 e. The van der Waals surface area contributed by atoms with E-state index in [4.69, 9.17) is 11.6 Å². The van der Waals surface area contributed by atoms with Crippen LogP contribution < -0.4 is 10.6 Å². The number of halogens is 1. The Balaban J connectivity index is 2.06. The highest BCUT2D eigenvalue weighted by atomic mass is 35.5. The molecule has 108 valence electrons. The van der Waals surface area contributed by atoms with E-state index in [1.807, 2.05) is 0 Å². The van der Waals surface area contributed by atoms with Crippen LogP contribution in [0.4, 0.5) is 11.4 Å². The molecule has 0 bridgehead atoms. The maximum Gasteiger partial charge on any atom is 0.314 e. The quantitative estimate of drug-likeness (QED) is 0.589. The molecule has 2 rings (SSSR count). The fourth-order valence-electron chi connectivity index (χ4n) is 1.70. The number of para-hydroxylation sites is 2. The number of carbonyl (C=O) groups is 2. The predicted octanol–water partition coefficient (Wildman–Crippen LogP) is 2.93. The van der Waals surface area contributed by atoms with Crippen molar-refractivity contribution in [3.8, 4) is 5.75 Å². The summed E-state index contributed by atoms with van der Waals surface area (Å²) in [4.78, 5) is 23.6. The molecule has 0 aliphatic carbocycles. The van der Waals surface area contributed by atoms with E-state index in [0.717, 1.165) is 5.56 Å². The average molecular weight is 305 g/mol. The molecular weight excluding hydrogens is 292 g/mol. The molecule has 2 aromatic rings. The van der Waals surface area contributed by atoms with Gasteiger partial charge in [-0.3, -0.25) is 9.59 Å². The molecule has 0 fully saturated rings. The summed E-state index contributed by atoms with van der Waals surface area (Å²) in [5, 5.41) is 14.9. The van der Waals surface area contributed by atoms with Crippen molar-refractivity contribution in [1.29, 1.82) is 0 Å². The van der Waals surface area contributed by atoms with Gasteiger partial charge in [-0.1, -0.05) is 23.7 Å². The third kappa shape index (κ3) is 3.73. The number of hydrogen-bond donors (Lipinski definition) is 3. The van der Waals surface area contributed by atoms with Crippen molar-refractivity contribution in [2.45, 2.75) is 6.92 Å². The number of aryl methyl sites for hydroxylation is 1. The van der Waals surface area contributed by atoms with Gasteiger partial charge in [0, 0.05) is 10.7 Å². The first-order valence-electron chi connectivity index (χ1n) is 6.14. The summed E-state index contributed by atoms with van der Waals surface area (Å²) >= 11 is 5.82. The zero-order chi connectivity index (χ0) is 15.4. The number of hydrogen-bond acceptors (Lipinski definition) is 3. The Labute approximate surface area is 126 Å². The van der Waals surface area contributed by atoms with Gasteiger partial charge in [-0.2, -0.15) is 0 Å². The lowest BCUT2D eigenvalue weighted by Gasteiger charge is -2.09. The normalized spacial score (nSPS) is 10.0. The number of carbonyl (C=O) groups excluding carboxylic acids is 2. The first kappa shape index (κ1) is 14.9. The van der Waals surface area contributed by atoms with Gasteiger partial charge in [0.1, 0.15) is 5.75 Å². The van der Waals surface area contributed by atoms with Crippen LogP contribution in [-0.4, -0.2) is 16.9 Å². The number of amides is 2. The zero-order valence-corrected chi connectivity index (χ0v) is 11.9. The minimum Gasteiger partial charge on any atom is -0.506 e. The maximum absolute atomic E-state index is 11.8. The zero-order valence-electron chi connectivity index (χ0n) is 11.2. The van der Waals surface area contributed by atoms with Gasteiger partial charge in [-0.25, -0.2) is 0 Å². The number of nitrogens with one attached hydrogen (secondary N) is 2. The monoisotopic (exact) mass is 304 g/mol. The summed E-state index contributed by atoms with van der Waals surface area (Å²) in [5.41, 5.74) is 1.41. The van der Waals surface area contributed by atoms with Crippen LogP contribution in [0.5, 0.6) is 5.75 Å². The number of benzene rings is 2. The Morgan fingerprint density at radius 2 is 1.62 bits per heavy atom. The van der Waals surface area contributed by atoms with E-state index >= 15 is 0 Å². The van der Waals surface area contributed by atoms with Gasteiger partial charge >= 0.3 is 11.8 Å². The summed E-state index contributed by atoms with van der Waals surface area (Å²) in [6, 6.07) is 11.1. The number of rotatable bonds is 2. The molecule has 0 saturated carbocycles. The SMILES string of the molecule is Cc1cc(Cl)ccc1NC(=O)C(=O)Nc1ccccc1O. The molecule has 0 saturated heterocycles. The second-order valence-corrected chi connectivity index (χ2v) is 4.82. The van der Waals surface area contributed by atoms with Gasteiger partial charge in [-0.05, 0) is 42.8 Å². The van der Waals surface area contributed by atoms with Crippen LogP contribution in [0.3, 0.4) is 0 Å². The van der Waals surface area contributed by atoms with Crippen molar-refractivity contribution in [3.05, 3.63) is 53.1 Å². The summed E-state index contributed by atoms with van der Waals surface area (Å²) in [6.07, 6.45) is 0. The van der Waals surface area contributed by atoms with E-state index in [0.29, 0.717) is 10.7 Å². The highest BCUT2D eigenvalue weighted by Gasteiger charge is 2.16. The van der Waals surface area contributed by atoms with Crippen LogP contribution in [0.15, 0.2) is 42.5 Å². The molecule has 0 aliphatic rings. The van der Waals surface area contributed by atoms with Crippen LogP contribution in [0.1, 0.15) is 5.56 Å². The lowest BCUT2D eigenvalue weighted by molar-refractivity contribution is -0.133. The lowest BCUT2D eigenvalue weighted by atomic mass is 10.2. The second kappa shape index (κ2) is 6.28. The smallest absolute Gasteiger partial charge is 0.314 e. The van der Waals surface area contributed by atoms with E-state index in [9.17, 15) is 14.7 Å².